The quantitative estimate of drug-likeness (QED) is 0.755. The zero-order valence-corrected chi connectivity index (χ0v) is 16.7. The minimum Gasteiger partial charge on any atom is -0.326 e. The second-order valence-corrected chi connectivity index (χ2v) is 7.86. The van der Waals surface area contributed by atoms with Crippen LogP contribution in [0.2, 0.25) is 0 Å². The Balaban J connectivity index is 1.63. The molecule has 144 valence electrons. The first kappa shape index (κ1) is 19.8. The number of amides is 2. The Morgan fingerprint density at radius 1 is 1.14 bits per heavy atom. The van der Waals surface area contributed by atoms with E-state index in [1.165, 1.54) is 24.2 Å². The molecule has 1 aliphatic rings. The largest absolute Gasteiger partial charge is 0.326 e. The molecule has 2 aromatic carbocycles. The predicted molar refractivity (Wildman–Crippen MR) is 112 cm³/mol. The molecular formula is C21H21N3O3S. The average Bonchev–Trinajstić information content (AvgIpc) is 2.97. The molecule has 1 heterocycles. The van der Waals surface area contributed by atoms with E-state index in [9.17, 15) is 14.4 Å². The molecule has 1 atom stereocenters. The Labute approximate surface area is 167 Å². The van der Waals surface area contributed by atoms with Crippen molar-refractivity contribution in [3.63, 3.8) is 0 Å². The van der Waals surface area contributed by atoms with Crippen LogP contribution >= 0.6 is 11.8 Å². The first-order valence-electron chi connectivity index (χ1n) is 8.86. The lowest BCUT2D eigenvalue weighted by atomic mass is 10.1. The van der Waals surface area contributed by atoms with Gasteiger partial charge in [-0.2, -0.15) is 0 Å². The first-order chi connectivity index (χ1) is 13.3. The molecule has 1 saturated heterocycles. The molecule has 1 fully saturated rings. The van der Waals surface area contributed by atoms with E-state index in [4.69, 9.17) is 0 Å². The van der Waals surface area contributed by atoms with Crippen LogP contribution in [0.1, 0.15) is 34.8 Å². The number of benzene rings is 2. The molecule has 0 saturated carbocycles. The van der Waals surface area contributed by atoms with Crippen molar-refractivity contribution < 1.29 is 14.4 Å². The van der Waals surface area contributed by atoms with E-state index in [1.54, 1.807) is 24.3 Å². The van der Waals surface area contributed by atoms with Gasteiger partial charge < -0.3 is 10.6 Å². The summed E-state index contributed by atoms with van der Waals surface area (Å²) >= 11 is 1.24. The van der Waals surface area contributed by atoms with Crippen LogP contribution in [0.25, 0.3) is 0 Å². The van der Waals surface area contributed by atoms with E-state index in [-0.39, 0.29) is 24.0 Å². The van der Waals surface area contributed by atoms with Crippen molar-refractivity contribution in [1.29, 1.82) is 0 Å². The number of hydrogen-bond donors (Lipinski definition) is 2. The highest BCUT2D eigenvalue weighted by Crippen LogP contribution is 2.26. The molecule has 7 heteroatoms. The van der Waals surface area contributed by atoms with Crippen LogP contribution in [-0.2, 0) is 9.59 Å². The zero-order chi connectivity index (χ0) is 20.3. The Morgan fingerprint density at radius 3 is 2.64 bits per heavy atom. The third-order valence-electron chi connectivity index (χ3n) is 4.42. The van der Waals surface area contributed by atoms with Gasteiger partial charge in [0, 0.05) is 17.7 Å². The molecule has 6 nitrogen and oxygen atoms in total. The maximum Gasteiger partial charge on any atom is 0.240 e. The fraction of sp³-hybridized carbons (Fsp3) is 0.238. The molecule has 0 radical (unpaired) electrons. The monoisotopic (exact) mass is 395 g/mol. The van der Waals surface area contributed by atoms with Gasteiger partial charge in [-0.15, -0.1) is 0 Å². The Morgan fingerprint density at radius 2 is 1.93 bits per heavy atom. The highest BCUT2D eigenvalue weighted by molar-refractivity contribution is 8.15. The molecule has 0 spiro atoms. The molecule has 28 heavy (non-hydrogen) atoms. The lowest BCUT2D eigenvalue weighted by Gasteiger charge is -2.08. The number of rotatable bonds is 5. The number of nitrogens with zero attached hydrogens (tertiary/aromatic N) is 1. The summed E-state index contributed by atoms with van der Waals surface area (Å²) in [4.78, 5) is 40.4. The fourth-order valence-electron chi connectivity index (χ4n) is 2.70. The topological polar surface area (TPSA) is 87.6 Å². The van der Waals surface area contributed by atoms with E-state index in [0.29, 0.717) is 16.4 Å². The number of hydrogen-bond acceptors (Lipinski definition) is 5. The number of carbonyl (C=O) groups is 3. The van der Waals surface area contributed by atoms with Crippen LogP contribution in [-0.4, -0.2) is 28.0 Å². The number of carbonyl (C=O) groups excluding carboxylic acids is 3. The van der Waals surface area contributed by atoms with Crippen molar-refractivity contribution in [3.05, 3.63) is 59.2 Å². The van der Waals surface area contributed by atoms with Gasteiger partial charge in [-0.3, -0.25) is 14.4 Å². The minimum atomic E-state index is -0.540. The molecular weight excluding hydrogens is 374 g/mol. The maximum absolute atomic E-state index is 12.3. The summed E-state index contributed by atoms with van der Waals surface area (Å²) in [6.07, 6.45) is 0.0206. The van der Waals surface area contributed by atoms with Gasteiger partial charge in [0.2, 0.25) is 11.8 Å². The molecule has 2 N–H and O–H groups in total. The minimum absolute atomic E-state index is 0.0206. The van der Waals surface area contributed by atoms with Crippen LogP contribution in [0.4, 0.5) is 11.4 Å². The molecule has 2 aromatic rings. The first-order valence-corrected chi connectivity index (χ1v) is 9.74. The molecule has 1 aliphatic heterocycles. The lowest BCUT2D eigenvalue weighted by molar-refractivity contribution is -0.122. The Hall–Kier alpha value is -2.93. The van der Waals surface area contributed by atoms with Crippen molar-refractivity contribution in [3.8, 4) is 0 Å². The van der Waals surface area contributed by atoms with E-state index in [2.05, 4.69) is 15.6 Å². The predicted octanol–water partition coefficient (Wildman–Crippen LogP) is 3.75. The van der Waals surface area contributed by atoms with E-state index in [0.717, 1.165) is 11.3 Å². The van der Waals surface area contributed by atoms with Crippen LogP contribution in [0.5, 0.6) is 0 Å². The Kier molecular flexibility index (Phi) is 5.94. The zero-order valence-electron chi connectivity index (χ0n) is 15.9. The van der Waals surface area contributed by atoms with Gasteiger partial charge in [0.05, 0.1) is 5.69 Å². The van der Waals surface area contributed by atoms with Crippen molar-refractivity contribution in [2.24, 2.45) is 4.99 Å². The molecule has 2 amide bonds. The number of amidine groups is 1. The number of ketones is 1. The number of Topliss-reactive ketones (excluding diaryl/α,β-unsaturated/α-hetero) is 1. The van der Waals surface area contributed by atoms with Gasteiger partial charge in [0.1, 0.15) is 5.25 Å². The van der Waals surface area contributed by atoms with Crippen molar-refractivity contribution in [1.82, 2.24) is 5.32 Å². The van der Waals surface area contributed by atoms with Gasteiger partial charge in [-0.1, -0.05) is 30.0 Å². The number of anilines is 1. The molecule has 0 aromatic heterocycles. The summed E-state index contributed by atoms with van der Waals surface area (Å²) in [6, 6.07) is 12.6. The molecule has 0 bridgehead atoms. The normalized spacial score (nSPS) is 17.5. The van der Waals surface area contributed by atoms with Gasteiger partial charge in [0.25, 0.3) is 0 Å². The maximum atomic E-state index is 12.3. The third-order valence-corrected chi connectivity index (χ3v) is 5.50. The van der Waals surface area contributed by atoms with Crippen LogP contribution in [0.3, 0.4) is 0 Å². The van der Waals surface area contributed by atoms with Gasteiger partial charge in [0.15, 0.2) is 11.0 Å². The summed E-state index contributed by atoms with van der Waals surface area (Å²) in [5.41, 5.74) is 4.12. The fourth-order valence-corrected chi connectivity index (χ4v) is 3.69. The third kappa shape index (κ3) is 4.86. The summed E-state index contributed by atoms with van der Waals surface area (Å²) in [5.74, 6) is -0.602. The summed E-state index contributed by atoms with van der Waals surface area (Å²) in [5, 5.41) is 5.42. The lowest BCUT2D eigenvalue weighted by Crippen LogP contribution is -2.28. The van der Waals surface area contributed by atoms with Crippen LogP contribution in [0, 0.1) is 13.8 Å². The van der Waals surface area contributed by atoms with E-state index < -0.39 is 5.25 Å². The summed E-state index contributed by atoms with van der Waals surface area (Å²) < 4.78 is 0. The number of aryl methyl sites for hydroxylation is 2. The number of nitrogens with one attached hydrogen (secondary N) is 2. The SMILES string of the molecule is CC(=O)c1cccc(NC(=O)C[C@@H]2SC(=Nc3ccc(C)c(C)c3)NC2=O)c1. The molecule has 3 rings (SSSR count). The van der Waals surface area contributed by atoms with Gasteiger partial charge in [-0.05, 0) is 56.2 Å². The van der Waals surface area contributed by atoms with Crippen LogP contribution < -0.4 is 10.6 Å². The van der Waals surface area contributed by atoms with Crippen molar-refractivity contribution in [2.45, 2.75) is 32.4 Å². The highest BCUT2D eigenvalue weighted by Gasteiger charge is 2.32. The van der Waals surface area contributed by atoms with Gasteiger partial charge >= 0.3 is 0 Å². The highest BCUT2D eigenvalue weighted by atomic mass is 32.2. The van der Waals surface area contributed by atoms with Gasteiger partial charge in [-0.25, -0.2) is 4.99 Å². The molecule has 0 unspecified atom stereocenters. The standard InChI is InChI=1S/C21H21N3O3S/c1-12-7-8-17(9-13(12)2)23-21-24-20(27)18(28-21)11-19(26)22-16-6-4-5-15(10-16)14(3)25/h4-10,18H,11H2,1-3H3,(H,22,26)(H,23,24,27)/t18-/m0/s1. The van der Waals surface area contributed by atoms with Crippen LogP contribution in [0.15, 0.2) is 47.5 Å². The second-order valence-electron chi connectivity index (χ2n) is 6.67. The summed E-state index contributed by atoms with van der Waals surface area (Å²) in [6.45, 7) is 5.50. The number of aliphatic imine (C=N–C) groups is 1. The van der Waals surface area contributed by atoms with Crippen molar-refractivity contribution >= 4 is 45.9 Å². The van der Waals surface area contributed by atoms with E-state index >= 15 is 0 Å². The van der Waals surface area contributed by atoms with Crippen molar-refractivity contribution in [2.75, 3.05) is 5.32 Å². The smallest absolute Gasteiger partial charge is 0.240 e. The number of thioether (sulfide) groups is 1. The molecule has 0 aliphatic carbocycles. The Bertz CT molecular complexity index is 985. The summed E-state index contributed by atoms with van der Waals surface area (Å²) in [7, 11) is 0. The van der Waals surface area contributed by atoms with E-state index in [1.807, 2.05) is 32.0 Å². The second kappa shape index (κ2) is 8.39. The average molecular weight is 395 g/mol.